The fraction of sp³-hybridized carbons (Fsp3) is 0.625. The number of hydrogen-bond donors (Lipinski definition) is 1. The summed E-state index contributed by atoms with van der Waals surface area (Å²) in [6, 6.07) is 7.92. The highest BCUT2D eigenvalue weighted by Gasteiger charge is 2.16. The van der Waals surface area contributed by atoms with Crippen LogP contribution in [0.25, 0.3) is 0 Å². The topological polar surface area (TPSA) is 29.5 Å². The standard InChI is InChI=1S/C16H23ClO2/c17-15-8-6-13(7-9-15)11-14(12-18)3-1-4-16-5-2-10-19-16/h6-9,14,16,18H,1-5,10-12H2. The molecular weight excluding hydrogens is 260 g/mol. The van der Waals surface area contributed by atoms with E-state index in [4.69, 9.17) is 16.3 Å². The molecule has 19 heavy (non-hydrogen) atoms. The molecule has 3 heteroatoms. The highest BCUT2D eigenvalue weighted by atomic mass is 35.5. The van der Waals surface area contributed by atoms with Crippen LogP contribution in [0.5, 0.6) is 0 Å². The summed E-state index contributed by atoms with van der Waals surface area (Å²) < 4.78 is 5.62. The van der Waals surface area contributed by atoms with Crippen molar-refractivity contribution in [1.82, 2.24) is 0 Å². The van der Waals surface area contributed by atoms with Gasteiger partial charge in [-0.2, -0.15) is 0 Å². The largest absolute Gasteiger partial charge is 0.396 e. The van der Waals surface area contributed by atoms with Crippen LogP contribution >= 0.6 is 11.6 Å². The molecule has 0 radical (unpaired) electrons. The molecule has 1 aromatic carbocycles. The number of benzene rings is 1. The maximum Gasteiger partial charge on any atom is 0.0576 e. The average Bonchev–Trinajstić information content (AvgIpc) is 2.93. The third-order valence-electron chi connectivity index (χ3n) is 3.86. The highest BCUT2D eigenvalue weighted by Crippen LogP contribution is 2.21. The van der Waals surface area contributed by atoms with E-state index in [0.717, 1.165) is 37.3 Å². The molecular formula is C16H23ClO2. The van der Waals surface area contributed by atoms with Gasteiger partial charge >= 0.3 is 0 Å². The van der Waals surface area contributed by atoms with Crippen LogP contribution in [0, 0.1) is 5.92 Å². The van der Waals surface area contributed by atoms with Crippen LogP contribution in [0.4, 0.5) is 0 Å². The number of aliphatic hydroxyl groups excluding tert-OH is 1. The molecule has 1 N–H and O–H groups in total. The van der Waals surface area contributed by atoms with Crippen LogP contribution in [-0.4, -0.2) is 24.4 Å². The quantitative estimate of drug-likeness (QED) is 0.823. The average molecular weight is 283 g/mol. The van der Waals surface area contributed by atoms with E-state index in [1.807, 2.05) is 24.3 Å². The second kappa shape index (κ2) is 7.88. The van der Waals surface area contributed by atoms with E-state index in [0.29, 0.717) is 12.0 Å². The molecule has 2 nitrogen and oxygen atoms in total. The molecule has 1 heterocycles. The lowest BCUT2D eigenvalue weighted by Crippen LogP contribution is -2.12. The highest BCUT2D eigenvalue weighted by molar-refractivity contribution is 6.30. The van der Waals surface area contributed by atoms with E-state index in [2.05, 4.69) is 0 Å². The summed E-state index contributed by atoms with van der Waals surface area (Å²) in [6.45, 7) is 1.19. The third-order valence-corrected chi connectivity index (χ3v) is 4.11. The molecule has 1 aliphatic heterocycles. The first-order valence-corrected chi connectivity index (χ1v) is 7.62. The van der Waals surface area contributed by atoms with Gasteiger partial charge in [0.05, 0.1) is 6.10 Å². The van der Waals surface area contributed by atoms with Gasteiger partial charge in [-0.25, -0.2) is 0 Å². The Labute approximate surface area is 120 Å². The third kappa shape index (κ3) is 5.13. The van der Waals surface area contributed by atoms with Gasteiger partial charge in [0.15, 0.2) is 0 Å². The van der Waals surface area contributed by atoms with E-state index in [-0.39, 0.29) is 6.61 Å². The van der Waals surface area contributed by atoms with Gasteiger partial charge in [-0.1, -0.05) is 30.2 Å². The second-order valence-electron chi connectivity index (χ2n) is 5.45. The van der Waals surface area contributed by atoms with Crippen molar-refractivity contribution in [3.8, 4) is 0 Å². The van der Waals surface area contributed by atoms with Crippen LogP contribution in [0.2, 0.25) is 5.02 Å². The SMILES string of the molecule is OCC(CCCC1CCCO1)Cc1ccc(Cl)cc1. The summed E-state index contributed by atoms with van der Waals surface area (Å²) >= 11 is 5.88. The molecule has 2 atom stereocenters. The monoisotopic (exact) mass is 282 g/mol. The number of hydrogen-bond acceptors (Lipinski definition) is 2. The molecule has 0 amide bonds. The van der Waals surface area contributed by atoms with Crippen molar-refractivity contribution in [2.45, 2.75) is 44.6 Å². The van der Waals surface area contributed by atoms with E-state index in [9.17, 15) is 5.11 Å². The fourth-order valence-electron chi connectivity index (χ4n) is 2.72. The molecule has 106 valence electrons. The minimum absolute atomic E-state index is 0.258. The minimum Gasteiger partial charge on any atom is -0.396 e. The van der Waals surface area contributed by atoms with Crippen molar-refractivity contribution in [2.75, 3.05) is 13.2 Å². The summed E-state index contributed by atoms with van der Waals surface area (Å²) in [5.74, 6) is 0.350. The molecule has 1 aromatic rings. The zero-order chi connectivity index (χ0) is 13.5. The summed E-state index contributed by atoms with van der Waals surface area (Å²) in [5.41, 5.74) is 1.25. The Balaban J connectivity index is 1.71. The molecule has 0 spiro atoms. The van der Waals surface area contributed by atoms with Crippen molar-refractivity contribution >= 4 is 11.6 Å². The van der Waals surface area contributed by atoms with E-state index in [1.165, 1.54) is 18.4 Å². The molecule has 0 saturated carbocycles. The summed E-state index contributed by atoms with van der Waals surface area (Å²) in [4.78, 5) is 0. The first-order chi connectivity index (χ1) is 9.28. The summed E-state index contributed by atoms with van der Waals surface area (Å²) in [6.07, 6.45) is 7.16. The van der Waals surface area contributed by atoms with Gasteiger partial charge in [0, 0.05) is 18.2 Å². The Morgan fingerprint density at radius 1 is 1.32 bits per heavy atom. The molecule has 0 aromatic heterocycles. The van der Waals surface area contributed by atoms with Gasteiger partial charge < -0.3 is 9.84 Å². The molecule has 1 aliphatic rings. The zero-order valence-corrected chi connectivity index (χ0v) is 12.1. The Kier molecular flexibility index (Phi) is 6.15. The molecule has 2 unspecified atom stereocenters. The Morgan fingerprint density at radius 3 is 2.74 bits per heavy atom. The first kappa shape index (κ1) is 14.8. The molecule has 1 saturated heterocycles. The normalized spacial score (nSPS) is 20.6. The van der Waals surface area contributed by atoms with E-state index in [1.54, 1.807) is 0 Å². The van der Waals surface area contributed by atoms with E-state index < -0.39 is 0 Å². The maximum atomic E-state index is 9.48. The van der Waals surface area contributed by atoms with Crippen LogP contribution in [-0.2, 0) is 11.2 Å². The first-order valence-electron chi connectivity index (χ1n) is 7.25. The van der Waals surface area contributed by atoms with Crippen molar-refractivity contribution in [2.24, 2.45) is 5.92 Å². The Bertz CT molecular complexity index is 358. The van der Waals surface area contributed by atoms with Crippen molar-refractivity contribution in [3.63, 3.8) is 0 Å². The molecule has 0 aliphatic carbocycles. The van der Waals surface area contributed by atoms with Crippen molar-refractivity contribution in [1.29, 1.82) is 0 Å². The summed E-state index contributed by atoms with van der Waals surface area (Å²) in [5, 5.41) is 10.2. The number of rotatable bonds is 7. The van der Waals surface area contributed by atoms with Gasteiger partial charge in [0.25, 0.3) is 0 Å². The summed E-state index contributed by atoms with van der Waals surface area (Å²) in [7, 11) is 0. The van der Waals surface area contributed by atoms with Crippen molar-refractivity contribution in [3.05, 3.63) is 34.9 Å². The molecule has 0 bridgehead atoms. The number of halogens is 1. The van der Waals surface area contributed by atoms with Crippen LogP contribution in [0.3, 0.4) is 0 Å². The lowest BCUT2D eigenvalue weighted by atomic mass is 9.94. The second-order valence-corrected chi connectivity index (χ2v) is 5.88. The van der Waals surface area contributed by atoms with Crippen LogP contribution in [0.15, 0.2) is 24.3 Å². The van der Waals surface area contributed by atoms with Gasteiger partial charge in [0.2, 0.25) is 0 Å². The predicted molar refractivity (Wildman–Crippen MR) is 78.6 cm³/mol. The Hall–Kier alpha value is -0.570. The number of ether oxygens (including phenoxy) is 1. The van der Waals surface area contributed by atoms with E-state index >= 15 is 0 Å². The van der Waals surface area contributed by atoms with Crippen LogP contribution < -0.4 is 0 Å². The van der Waals surface area contributed by atoms with Crippen molar-refractivity contribution < 1.29 is 9.84 Å². The van der Waals surface area contributed by atoms with Crippen LogP contribution in [0.1, 0.15) is 37.7 Å². The smallest absolute Gasteiger partial charge is 0.0576 e. The molecule has 2 rings (SSSR count). The van der Waals surface area contributed by atoms with Gasteiger partial charge in [-0.15, -0.1) is 0 Å². The fourth-order valence-corrected chi connectivity index (χ4v) is 2.84. The van der Waals surface area contributed by atoms with Gasteiger partial charge in [-0.05, 0) is 55.7 Å². The minimum atomic E-state index is 0.258. The lowest BCUT2D eigenvalue weighted by Gasteiger charge is -2.15. The lowest BCUT2D eigenvalue weighted by molar-refractivity contribution is 0.0990. The molecule has 1 fully saturated rings. The Morgan fingerprint density at radius 2 is 2.11 bits per heavy atom. The van der Waals surface area contributed by atoms with Gasteiger partial charge in [0.1, 0.15) is 0 Å². The van der Waals surface area contributed by atoms with Gasteiger partial charge in [-0.3, -0.25) is 0 Å². The predicted octanol–water partition coefficient (Wildman–Crippen LogP) is 3.84. The maximum absolute atomic E-state index is 9.48. The number of aliphatic hydroxyl groups is 1. The zero-order valence-electron chi connectivity index (χ0n) is 11.4.